The van der Waals surface area contributed by atoms with Gasteiger partial charge in [-0.2, -0.15) is 8.42 Å². The molecule has 0 amide bonds. The van der Waals surface area contributed by atoms with E-state index in [1.54, 1.807) is 34.9 Å². The standard InChI is InChI=1S/C17H24N2O3S4/c1-3-13(2)15-8-6-14(7-9-15)12-24-17-19-18-16(25-17)23-10-4-5-11-26(20,21)22/h6-9,13H,3-5,10-12H2,1-2H3,(H,20,21,22). The fourth-order valence-electron chi connectivity index (χ4n) is 2.18. The number of unbranched alkanes of at least 4 members (excludes halogenated alkanes) is 1. The summed E-state index contributed by atoms with van der Waals surface area (Å²) in [6.07, 6.45) is 2.32. The van der Waals surface area contributed by atoms with Gasteiger partial charge < -0.3 is 0 Å². The lowest BCUT2D eigenvalue weighted by molar-refractivity contribution is 0.481. The molecule has 1 N–H and O–H groups in total. The van der Waals surface area contributed by atoms with Crippen molar-refractivity contribution in [2.45, 2.75) is 53.5 Å². The van der Waals surface area contributed by atoms with E-state index in [9.17, 15) is 8.42 Å². The minimum atomic E-state index is -3.85. The molecule has 2 rings (SSSR count). The monoisotopic (exact) mass is 432 g/mol. The maximum atomic E-state index is 10.6. The molecular weight excluding hydrogens is 408 g/mol. The molecule has 0 aliphatic rings. The van der Waals surface area contributed by atoms with Crippen molar-refractivity contribution >= 4 is 45.0 Å². The smallest absolute Gasteiger partial charge is 0.264 e. The summed E-state index contributed by atoms with van der Waals surface area (Å²) < 4.78 is 31.8. The van der Waals surface area contributed by atoms with Gasteiger partial charge in [-0.1, -0.05) is 73.0 Å². The van der Waals surface area contributed by atoms with Crippen molar-refractivity contribution in [1.82, 2.24) is 10.2 Å². The van der Waals surface area contributed by atoms with Gasteiger partial charge in [0.25, 0.3) is 10.1 Å². The Hall–Kier alpha value is -0.610. The van der Waals surface area contributed by atoms with Crippen molar-refractivity contribution in [2.24, 2.45) is 0 Å². The molecule has 26 heavy (non-hydrogen) atoms. The van der Waals surface area contributed by atoms with Gasteiger partial charge in [0.2, 0.25) is 0 Å². The summed E-state index contributed by atoms with van der Waals surface area (Å²) in [5.41, 5.74) is 2.65. The summed E-state index contributed by atoms with van der Waals surface area (Å²) in [7, 11) is -3.85. The van der Waals surface area contributed by atoms with Crippen LogP contribution in [0, 0.1) is 0 Å². The Balaban J connectivity index is 1.72. The maximum Gasteiger partial charge on any atom is 0.264 e. The van der Waals surface area contributed by atoms with Crippen LogP contribution in [0.5, 0.6) is 0 Å². The quantitative estimate of drug-likeness (QED) is 0.300. The van der Waals surface area contributed by atoms with Gasteiger partial charge in [0.15, 0.2) is 8.68 Å². The molecule has 1 unspecified atom stereocenters. The lowest BCUT2D eigenvalue weighted by atomic mass is 9.98. The Bertz CT molecular complexity index is 776. The fraction of sp³-hybridized carbons (Fsp3) is 0.529. The number of benzene rings is 1. The molecule has 0 bridgehead atoms. The van der Waals surface area contributed by atoms with Crippen LogP contribution in [0.3, 0.4) is 0 Å². The summed E-state index contributed by atoms with van der Waals surface area (Å²) in [6.45, 7) is 4.45. The molecule has 0 aliphatic heterocycles. The van der Waals surface area contributed by atoms with Gasteiger partial charge in [0, 0.05) is 11.5 Å². The van der Waals surface area contributed by atoms with E-state index in [-0.39, 0.29) is 5.75 Å². The molecular formula is C17H24N2O3S4. The Morgan fingerprint density at radius 1 is 1.12 bits per heavy atom. The predicted molar refractivity (Wildman–Crippen MR) is 111 cm³/mol. The van der Waals surface area contributed by atoms with Gasteiger partial charge in [0.05, 0.1) is 5.75 Å². The zero-order chi connectivity index (χ0) is 19.0. The number of hydrogen-bond donors (Lipinski definition) is 1. The van der Waals surface area contributed by atoms with E-state index in [4.69, 9.17) is 4.55 Å². The van der Waals surface area contributed by atoms with Crippen LogP contribution in [0.15, 0.2) is 32.9 Å². The molecule has 0 fully saturated rings. The molecule has 2 aromatic rings. The van der Waals surface area contributed by atoms with E-state index in [2.05, 4.69) is 48.3 Å². The van der Waals surface area contributed by atoms with Crippen molar-refractivity contribution < 1.29 is 13.0 Å². The topological polar surface area (TPSA) is 80.2 Å². The molecule has 0 saturated heterocycles. The fourth-order valence-corrected chi connectivity index (χ4v) is 5.80. The first kappa shape index (κ1) is 21.7. The van der Waals surface area contributed by atoms with E-state index < -0.39 is 10.1 Å². The summed E-state index contributed by atoms with van der Waals surface area (Å²) in [6, 6.07) is 8.77. The van der Waals surface area contributed by atoms with Crippen molar-refractivity contribution in [2.75, 3.05) is 11.5 Å². The van der Waals surface area contributed by atoms with Crippen molar-refractivity contribution in [3.8, 4) is 0 Å². The summed E-state index contributed by atoms with van der Waals surface area (Å²) >= 11 is 4.82. The lowest BCUT2D eigenvalue weighted by Crippen LogP contribution is -2.03. The highest BCUT2D eigenvalue weighted by Crippen LogP contribution is 2.31. The highest BCUT2D eigenvalue weighted by molar-refractivity contribution is 8.02. The highest BCUT2D eigenvalue weighted by Gasteiger charge is 2.08. The van der Waals surface area contributed by atoms with Crippen LogP contribution in [-0.4, -0.2) is 34.7 Å². The maximum absolute atomic E-state index is 10.6. The first-order chi connectivity index (χ1) is 12.4. The zero-order valence-electron chi connectivity index (χ0n) is 14.9. The van der Waals surface area contributed by atoms with Crippen LogP contribution >= 0.6 is 34.9 Å². The molecule has 0 aliphatic carbocycles. The average Bonchev–Trinajstić information content (AvgIpc) is 3.06. The van der Waals surface area contributed by atoms with E-state index in [0.29, 0.717) is 12.3 Å². The number of thioether (sulfide) groups is 2. The number of rotatable bonds is 11. The molecule has 1 aromatic heterocycles. The van der Waals surface area contributed by atoms with Gasteiger partial charge in [-0.15, -0.1) is 10.2 Å². The third-order valence-corrected chi connectivity index (χ3v) is 8.09. The Morgan fingerprint density at radius 3 is 2.38 bits per heavy atom. The molecule has 0 saturated carbocycles. The number of aromatic nitrogens is 2. The molecule has 0 spiro atoms. The van der Waals surface area contributed by atoms with Crippen LogP contribution in [0.2, 0.25) is 0 Å². The normalized spacial score (nSPS) is 13.0. The lowest BCUT2D eigenvalue weighted by Gasteiger charge is -2.09. The average molecular weight is 433 g/mol. The second-order valence-corrected chi connectivity index (χ2v) is 11.1. The first-order valence-corrected chi connectivity index (χ1v) is 12.9. The SMILES string of the molecule is CCC(C)c1ccc(CSc2nnc(SCCCCS(=O)(=O)O)s2)cc1. The third kappa shape index (κ3) is 7.96. The minimum Gasteiger partial charge on any atom is -0.286 e. The Kier molecular flexibility index (Phi) is 8.89. The van der Waals surface area contributed by atoms with E-state index in [0.717, 1.165) is 33.0 Å². The number of hydrogen-bond acceptors (Lipinski definition) is 7. The largest absolute Gasteiger partial charge is 0.286 e. The van der Waals surface area contributed by atoms with Crippen molar-refractivity contribution in [3.05, 3.63) is 35.4 Å². The Morgan fingerprint density at radius 2 is 1.77 bits per heavy atom. The molecule has 0 radical (unpaired) electrons. The van der Waals surface area contributed by atoms with Crippen molar-refractivity contribution in [3.63, 3.8) is 0 Å². The van der Waals surface area contributed by atoms with E-state index in [1.165, 1.54) is 11.1 Å². The van der Waals surface area contributed by atoms with E-state index >= 15 is 0 Å². The molecule has 5 nitrogen and oxygen atoms in total. The molecule has 1 atom stereocenters. The molecule has 1 aromatic carbocycles. The van der Waals surface area contributed by atoms with Crippen LogP contribution < -0.4 is 0 Å². The predicted octanol–water partition coefficient (Wildman–Crippen LogP) is 5.10. The first-order valence-electron chi connectivity index (χ1n) is 8.50. The van der Waals surface area contributed by atoms with E-state index in [1.807, 2.05) is 0 Å². The van der Waals surface area contributed by atoms with Gasteiger partial charge in [-0.25, -0.2) is 0 Å². The molecule has 144 valence electrons. The van der Waals surface area contributed by atoms with Crippen molar-refractivity contribution in [1.29, 1.82) is 0 Å². The third-order valence-electron chi connectivity index (χ3n) is 3.93. The highest BCUT2D eigenvalue weighted by atomic mass is 32.2. The van der Waals surface area contributed by atoms with Crippen LogP contribution in [0.4, 0.5) is 0 Å². The second kappa shape index (κ2) is 10.7. The van der Waals surface area contributed by atoms with Crippen LogP contribution in [-0.2, 0) is 15.9 Å². The minimum absolute atomic E-state index is 0.180. The molecule has 9 heteroatoms. The van der Waals surface area contributed by atoms with Gasteiger partial charge in [0.1, 0.15) is 0 Å². The second-order valence-electron chi connectivity index (χ2n) is 6.02. The summed E-state index contributed by atoms with van der Waals surface area (Å²) in [4.78, 5) is 0. The summed E-state index contributed by atoms with van der Waals surface area (Å²) in [5, 5.41) is 8.37. The van der Waals surface area contributed by atoms with Gasteiger partial charge in [-0.05, 0) is 36.3 Å². The molecule has 1 heterocycles. The van der Waals surface area contributed by atoms with Gasteiger partial charge >= 0.3 is 0 Å². The Labute approximate surface area is 168 Å². The zero-order valence-corrected chi connectivity index (χ0v) is 18.2. The van der Waals surface area contributed by atoms with Gasteiger partial charge in [-0.3, -0.25) is 4.55 Å². The van der Waals surface area contributed by atoms with Crippen LogP contribution in [0.1, 0.15) is 50.2 Å². The van der Waals surface area contributed by atoms with Crippen LogP contribution in [0.25, 0.3) is 0 Å². The number of nitrogens with zero attached hydrogens (tertiary/aromatic N) is 2. The summed E-state index contributed by atoms with van der Waals surface area (Å²) in [5.74, 6) is 2.05.